The van der Waals surface area contributed by atoms with Crippen LogP contribution in [0.1, 0.15) is 46.0 Å². The highest BCUT2D eigenvalue weighted by Gasteiger charge is 2.27. The first kappa shape index (κ1) is 15.4. The van der Waals surface area contributed by atoms with Gasteiger partial charge in [0.1, 0.15) is 0 Å². The van der Waals surface area contributed by atoms with Crippen LogP contribution in [0.2, 0.25) is 0 Å². The molecule has 1 fully saturated rings. The van der Waals surface area contributed by atoms with Crippen LogP contribution in [0.15, 0.2) is 0 Å². The minimum absolute atomic E-state index is 0.00872. The Morgan fingerprint density at radius 3 is 2.72 bits per heavy atom. The molecule has 1 aliphatic rings. The summed E-state index contributed by atoms with van der Waals surface area (Å²) in [6.45, 7) is 6.32. The summed E-state index contributed by atoms with van der Waals surface area (Å²) in [4.78, 5) is 11.9. The zero-order chi connectivity index (χ0) is 13.4. The molecule has 0 heterocycles. The Bertz CT molecular complexity index is 244. The lowest BCUT2D eigenvalue weighted by atomic mass is 9.84. The Balaban J connectivity index is 2.06. The Kier molecular flexibility index (Phi) is 7.28. The standard InChI is InChI=1S/C14H28N2O2/c1-11(2)7-9-18-10-8-16-14(17)12-5-3-4-6-13(12)15/h11-13H,3-10,15H2,1-2H3,(H,16,17). The van der Waals surface area contributed by atoms with Gasteiger partial charge in [0.2, 0.25) is 5.91 Å². The maximum absolute atomic E-state index is 11.9. The fourth-order valence-corrected chi connectivity index (χ4v) is 2.28. The molecule has 3 N–H and O–H groups in total. The van der Waals surface area contributed by atoms with Gasteiger partial charge in [0, 0.05) is 19.2 Å². The second-order valence-electron chi connectivity index (χ2n) is 5.64. The van der Waals surface area contributed by atoms with E-state index < -0.39 is 0 Å². The number of amides is 1. The third kappa shape index (κ3) is 5.83. The molecule has 0 bridgehead atoms. The van der Waals surface area contributed by atoms with Crippen molar-refractivity contribution < 1.29 is 9.53 Å². The normalized spacial score (nSPS) is 24.2. The van der Waals surface area contributed by atoms with Crippen LogP contribution < -0.4 is 11.1 Å². The molecule has 0 aromatic carbocycles. The number of carbonyl (C=O) groups excluding carboxylic acids is 1. The van der Waals surface area contributed by atoms with Gasteiger partial charge in [-0.1, -0.05) is 26.7 Å². The van der Waals surface area contributed by atoms with Crippen LogP contribution in [0, 0.1) is 11.8 Å². The van der Waals surface area contributed by atoms with Crippen LogP contribution in [0.4, 0.5) is 0 Å². The van der Waals surface area contributed by atoms with Crippen LogP contribution in [0.5, 0.6) is 0 Å². The molecule has 0 aromatic rings. The van der Waals surface area contributed by atoms with Crippen LogP contribution in [-0.2, 0) is 9.53 Å². The predicted molar refractivity (Wildman–Crippen MR) is 73.2 cm³/mol. The lowest BCUT2D eigenvalue weighted by Gasteiger charge is -2.27. The van der Waals surface area contributed by atoms with E-state index in [1.54, 1.807) is 0 Å². The number of rotatable bonds is 7. The number of carbonyl (C=O) groups is 1. The SMILES string of the molecule is CC(C)CCOCCNC(=O)C1CCCCC1N. The maximum atomic E-state index is 11.9. The van der Waals surface area contributed by atoms with Crippen molar-refractivity contribution in [1.82, 2.24) is 5.32 Å². The summed E-state index contributed by atoms with van der Waals surface area (Å²) in [6, 6.07) is 0.0422. The van der Waals surface area contributed by atoms with Gasteiger partial charge in [-0.05, 0) is 25.2 Å². The summed E-state index contributed by atoms with van der Waals surface area (Å²) in [5, 5.41) is 2.93. The Morgan fingerprint density at radius 2 is 2.06 bits per heavy atom. The molecule has 0 spiro atoms. The molecular formula is C14H28N2O2. The molecule has 1 saturated carbocycles. The van der Waals surface area contributed by atoms with Crippen molar-refractivity contribution in [1.29, 1.82) is 0 Å². The topological polar surface area (TPSA) is 64.3 Å². The van der Waals surface area contributed by atoms with E-state index in [0.717, 1.165) is 38.7 Å². The molecule has 0 saturated heterocycles. The van der Waals surface area contributed by atoms with Gasteiger partial charge in [-0.3, -0.25) is 4.79 Å². The van der Waals surface area contributed by atoms with Crippen molar-refractivity contribution in [2.24, 2.45) is 17.6 Å². The van der Waals surface area contributed by atoms with Gasteiger partial charge < -0.3 is 15.8 Å². The fraction of sp³-hybridized carbons (Fsp3) is 0.929. The van der Waals surface area contributed by atoms with Gasteiger partial charge in [-0.15, -0.1) is 0 Å². The van der Waals surface area contributed by atoms with Gasteiger partial charge in [-0.25, -0.2) is 0 Å². The van der Waals surface area contributed by atoms with E-state index in [4.69, 9.17) is 10.5 Å². The monoisotopic (exact) mass is 256 g/mol. The molecule has 4 nitrogen and oxygen atoms in total. The largest absolute Gasteiger partial charge is 0.380 e. The average Bonchev–Trinajstić information content (AvgIpc) is 2.33. The van der Waals surface area contributed by atoms with Gasteiger partial charge in [0.25, 0.3) is 0 Å². The summed E-state index contributed by atoms with van der Waals surface area (Å²) in [5.41, 5.74) is 5.97. The van der Waals surface area contributed by atoms with Gasteiger partial charge in [0.05, 0.1) is 12.5 Å². The van der Waals surface area contributed by atoms with E-state index >= 15 is 0 Å². The molecule has 0 aliphatic heterocycles. The molecule has 2 unspecified atom stereocenters. The van der Waals surface area contributed by atoms with Crippen molar-refractivity contribution in [3.8, 4) is 0 Å². The number of ether oxygens (including phenoxy) is 1. The van der Waals surface area contributed by atoms with E-state index in [-0.39, 0.29) is 17.9 Å². The molecule has 0 radical (unpaired) electrons. The maximum Gasteiger partial charge on any atom is 0.224 e. The third-order valence-corrected chi connectivity index (χ3v) is 3.54. The number of nitrogens with one attached hydrogen (secondary N) is 1. The van der Waals surface area contributed by atoms with E-state index in [1.807, 2.05) is 0 Å². The summed E-state index contributed by atoms with van der Waals surface area (Å²) >= 11 is 0. The van der Waals surface area contributed by atoms with Crippen LogP contribution in [-0.4, -0.2) is 31.7 Å². The van der Waals surface area contributed by atoms with E-state index in [0.29, 0.717) is 19.1 Å². The van der Waals surface area contributed by atoms with Crippen LogP contribution in [0.3, 0.4) is 0 Å². The number of hydrogen-bond donors (Lipinski definition) is 2. The quantitative estimate of drug-likeness (QED) is 0.681. The minimum atomic E-state index is 0.00872. The molecule has 1 aliphatic carbocycles. The first-order valence-electron chi connectivity index (χ1n) is 7.22. The Hall–Kier alpha value is -0.610. The molecule has 18 heavy (non-hydrogen) atoms. The second-order valence-corrected chi connectivity index (χ2v) is 5.64. The molecule has 1 amide bonds. The summed E-state index contributed by atoms with van der Waals surface area (Å²) < 4.78 is 5.46. The van der Waals surface area contributed by atoms with E-state index in [9.17, 15) is 4.79 Å². The lowest BCUT2D eigenvalue weighted by Crippen LogP contribution is -2.44. The Morgan fingerprint density at radius 1 is 1.33 bits per heavy atom. The first-order valence-corrected chi connectivity index (χ1v) is 7.22. The van der Waals surface area contributed by atoms with Gasteiger partial charge in [-0.2, -0.15) is 0 Å². The summed E-state index contributed by atoms with van der Waals surface area (Å²) in [5.74, 6) is 0.781. The Labute approximate surface area is 111 Å². The molecule has 0 aromatic heterocycles. The predicted octanol–water partition coefficient (Wildman–Crippen LogP) is 1.68. The van der Waals surface area contributed by atoms with Crippen molar-refractivity contribution in [2.45, 2.75) is 52.0 Å². The number of nitrogens with two attached hydrogens (primary N) is 1. The summed E-state index contributed by atoms with van der Waals surface area (Å²) in [7, 11) is 0. The van der Waals surface area contributed by atoms with Crippen molar-refractivity contribution in [3.63, 3.8) is 0 Å². The van der Waals surface area contributed by atoms with Crippen molar-refractivity contribution in [3.05, 3.63) is 0 Å². The zero-order valence-electron chi connectivity index (χ0n) is 11.8. The highest BCUT2D eigenvalue weighted by molar-refractivity contribution is 5.79. The third-order valence-electron chi connectivity index (χ3n) is 3.54. The van der Waals surface area contributed by atoms with E-state index in [2.05, 4.69) is 19.2 Å². The average molecular weight is 256 g/mol. The minimum Gasteiger partial charge on any atom is -0.380 e. The molecular weight excluding hydrogens is 228 g/mol. The van der Waals surface area contributed by atoms with E-state index in [1.165, 1.54) is 0 Å². The lowest BCUT2D eigenvalue weighted by molar-refractivity contribution is -0.126. The van der Waals surface area contributed by atoms with Crippen LogP contribution in [0.25, 0.3) is 0 Å². The molecule has 106 valence electrons. The second kappa shape index (κ2) is 8.48. The smallest absolute Gasteiger partial charge is 0.224 e. The fourth-order valence-electron chi connectivity index (χ4n) is 2.28. The van der Waals surface area contributed by atoms with Gasteiger partial charge >= 0.3 is 0 Å². The van der Waals surface area contributed by atoms with Gasteiger partial charge in [0.15, 0.2) is 0 Å². The highest BCUT2D eigenvalue weighted by atomic mass is 16.5. The zero-order valence-corrected chi connectivity index (χ0v) is 11.8. The molecule has 1 rings (SSSR count). The number of hydrogen-bond acceptors (Lipinski definition) is 3. The molecule has 2 atom stereocenters. The highest BCUT2D eigenvalue weighted by Crippen LogP contribution is 2.22. The molecule has 4 heteroatoms. The van der Waals surface area contributed by atoms with Crippen molar-refractivity contribution in [2.75, 3.05) is 19.8 Å². The first-order chi connectivity index (χ1) is 8.61. The van der Waals surface area contributed by atoms with Crippen molar-refractivity contribution >= 4 is 5.91 Å². The summed E-state index contributed by atoms with van der Waals surface area (Å²) in [6.07, 6.45) is 5.26. The van der Waals surface area contributed by atoms with Crippen LogP contribution >= 0.6 is 0 Å².